The van der Waals surface area contributed by atoms with Gasteiger partial charge in [0.25, 0.3) is 11.8 Å². The molecule has 2 aliphatic heterocycles. The molecule has 106 valence electrons. The molecule has 1 atom stereocenters. The Bertz CT molecular complexity index is 696. The third-order valence-corrected chi connectivity index (χ3v) is 3.44. The minimum Gasteiger partial charge on any atom is -0.328 e. The standard InChI is InChI=1S/C14H12N4O2S/c1-8-10(7-11-12(19)16-14(21)15-11)13(20)18(17-8)9-5-3-2-4-6-9/h2-7,10H,1H3,(H2,15,16,19,21)/b11-7+/t10-/m0/s1. The Morgan fingerprint density at radius 2 is 1.95 bits per heavy atom. The number of carbonyl (C=O) groups excluding carboxylic acids is 2. The van der Waals surface area contributed by atoms with Crippen LogP contribution >= 0.6 is 12.2 Å². The molecule has 2 heterocycles. The summed E-state index contributed by atoms with van der Waals surface area (Å²) in [6.45, 7) is 1.76. The molecule has 0 aromatic heterocycles. The number of amides is 2. The van der Waals surface area contributed by atoms with Crippen molar-refractivity contribution in [2.45, 2.75) is 6.92 Å². The molecule has 3 rings (SSSR count). The molecular weight excluding hydrogens is 288 g/mol. The van der Waals surface area contributed by atoms with Crippen LogP contribution in [0.5, 0.6) is 0 Å². The fourth-order valence-corrected chi connectivity index (χ4v) is 2.39. The van der Waals surface area contributed by atoms with Crippen LogP contribution in [-0.2, 0) is 9.59 Å². The summed E-state index contributed by atoms with van der Waals surface area (Å²) in [5.74, 6) is -1.10. The summed E-state index contributed by atoms with van der Waals surface area (Å²) in [7, 11) is 0. The third-order valence-electron chi connectivity index (χ3n) is 3.24. The van der Waals surface area contributed by atoms with Crippen LogP contribution in [0.1, 0.15) is 6.92 Å². The lowest BCUT2D eigenvalue weighted by molar-refractivity contribution is -0.118. The molecule has 1 aromatic carbocycles. The van der Waals surface area contributed by atoms with Crippen LogP contribution in [0.2, 0.25) is 0 Å². The second-order valence-electron chi connectivity index (χ2n) is 4.69. The monoisotopic (exact) mass is 300 g/mol. The lowest BCUT2D eigenvalue weighted by Crippen LogP contribution is -2.27. The number of hydrogen-bond donors (Lipinski definition) is 2. The molecular formula is C14H12N4O2S. The zero-order valence-electron chi connectivity index (χ0n) is 11.2. The summed E-state index contributed by atoms with van der Waals surface area (Å²) in [5.41, 5.74) is 1.61. The van der Waals surface area contributed by atoms with Gasteiger partial charge in [0, 0.05) is 0 Å². The van der Waals surface area contributed by atoms with Gasteiger partial charge >= 0.3 is 0 Å². The van der Waals surface area contributed by atoms with Crippen LogP contribution in [0, 0.1) is 5.92 Å². The van der Waals surface area contributed by atoms with Gasteiger partial charge in [-0.05, 0) is 37.4 Å². The number of rotatable bonds is 2. The first-order chi connectivity index (χ1) is 10.1. The highest BCUT2D eigenvalue weighted by atomic mass is 32.1. The van der Waals surface area contributed by atoms with Crippen molar-refractivity contribution in [2.75, 3.05) is 5.01 Å². The maximum absolute atomic E-state index is 12.5. The van der Waals surface area contributed by atoms with Gasteiger partial charge in [-0.25, -0.2) is 0 Å². The molecule has 1 aromatic rings. The molecule has 0 saturated carbocycles. The zero-order chi connectivity index (χ0) is 15.0. The molecule has 7 heteroatoms. The first-order valence-corrected chi connectivity index (χ1v) is 6.75. The van der Waals surface area contributed by atoms with Crippen molar-refractivity contribution in [2.24, 2.45) is 11.0 Å². The Kier molecular flexibility index (Phi) is 3.26. The third kappa shape index (κ3) is 2.43. The van der Waals surface area contributed by atoms with Gasteiger partial charge in [-0.15, -0.1) is 0 Å². The van der Waals surface area contributed by atoms with Gasteiger partial charge in [0.1, 0.15) is 11.6 Å². The zero-order valence-corrected chi connectivity index (χ0v) is 12.0. The number of nitrogens with one attached hydrogen (secondary N) is 2. The van der Waals surface area contributed by atoms with Crippen LogP contribution < -0.4 is 15.6 Å². The van der Waals surface area contributed by atoms with E-state index in [0.717, 1.165) is 0 Å². The van der Waals surface area contributed by atoms with Crippen LogP contribution in [0.4, 0.5) is 5.69 Å². The van der Waals surface area contributed by atoms with Gasteiger partial charge in [0.15, 0.2) is 5.11 Å². The number of hydrogen-bond acceptors (Lipinski definition) is 4. The number of benzene rings is 1. The molecule has 0 unspecified atom stereocenters. The average Bonchev–Trinajstić information content (AvgIpc) is 2.93. The highest BCUT2D eigenvalue weighted by molar-refractivity contribution is 7.80. The minimum atomic E-state index is -0.570. The lowest BCUT2D eigenvalue weighted by atomic mass is 10.0. The molecule has 6 nitrogen and oxygen atoms in total. The van der Waals surface area contributed by atoms with Crippen LogP contribution in [0.3, 0.4) is 0 Å². The summed E-state index contributed by atoms with van der Waals surface area (Å²) in [5, 5.41) is 11.1. The second kappa shape index (κ2) is 5.10. The van der Waals surface area contributed by atoms with E-state index < -0.39 is 5.92 Å². The smallest absolute Gasteiger partial charge is 0.273 e. The van der Waals surface area contributed by atoms with E-state index in [1.807, 2.05) is 18.2 Å². The van der Waals surface area contributed by atoms with Crippen molar-refractivity contribution in [1.29, 1.82) is 0 Å². The van der Waals surface area contributed by atoms with E-state index in [1.165, 1.54) is 5.01 Å². The lowest BCUT2D eigenvalue weighted by Gasteiger charge is -2.12. The summed E-state index contributed by atoms with van der Waals surface area (Å²) in [6.07, 6.45) is 1.55. The average molecular weight is 300 g/mol. The van der Waals surface area contributed by atoms with Crippen molar-refractivity contribution in [3.05, 3.63) is 42.1 Å². The molecule has 1 saturated heterocycles. The number of anilines is 1. The topological polar surface area (TPSA) is 73.8 Å². The summed E-state index contributed by atoms with van der Waals surface area (Å²) in [4.78, 5) is 24.1. The highest BCUT2D eigenvalue weighted by Crippen LogP contribution is 2.25. The van der Waals surface area contributed by atoms with Gasteiger partial charge in [0.05, 0.1) is 11.4 Å². The number of para-hydroxylation sites is 1. The molecule has 21 heavy (non-hydrogen) atoms. The Hall–Kier alpha value is -2.54. The molecule has 2 aliphatic rings. The number of carbonyl (C=O) groups is 2. The maximum Gasteiger partial charge on any atom is 0.273 e. The van der Waals surface area contributed by atoms with Gasteiger partial charge in [-0.3, -0.25) is 14.9 Å². The molecule has 0 bridgehead atoms. The number of thiocarbonyl (C=S) groups is 1. The molecule has 2 N–H and O–H groups in total. The summed E-state index contributed by atoms with van der Waals surface area (Å²) in [6, 6.07) is 9.15. The van der Waals surface area contributed by atoms with Crippen LogP contribution in [-0.4, -0.2) is 22.6 Å². The van der Waals surface area contributed by atoms with Crippen molar-refractivity contribution in [3.8, 4) is 0 Å². The van der Waals surface area contributed by atoms with Crippen molar-refractivity contribution in [3.63, 3.8) is 0 Å². The van der Waals surface area contributed by atoms with E-state index >= 15 is 0 Å². The Labute approximate surface area is 126 Å². The number of nitrogens with zero attached hydrogens (tertiary/aromatic N) is 2. The Balaban J connectivity index is 1.88. The van der Waals surface area contributed by atoms with Gasteiger partial charge < -0.3 is 5.32 Å². The molecule has 1 fully saturated rings. The first-order valence-electron chi connectivity index (χ1n) is 6.34. The van der Waals surface area contributed by atoms with Gasteiger partial charge in [-0.2, -0.15) is 10.1 Å². The maximum atomic E-state index is 12.5. The molecule has 2 amide bonds. The molecule has 0 spiro atoms. The summed E-state index contributed by atoms with van der Waals surface area (Å²) < 4.78 is 0. The van der Waals surface area contributed by atoms with E-state index in [1.54, 1.807) is 25.1 Å². The number of hydrazone groups is 1. The quantitative estimate of drug-likeness (QED) is 0.629. The van der Waals surface area contributed by atoms with Crippen LogP contribution in [0.15, 0.2) is 47.2 Å². The molecule has 0 radical (unpaired) electrons. The van der Waals surface area contributed by atoms with Crippen LogP contribution in [0.25, 0.3) is 0 Å². The normalized spacial score (nSPS) is 23.4. The van der Waals surface area contributed by atoms with Gasteiger partial charge in [0.2, 0.25) is 0 Å². The summed E-state index contributed by atoms with van der Waals surface area (Å²) >= 11 is 4.86. The van der Waals surface area contributed by atoms with E-state index in [-0.39, 0.29) is 22.6 Å². The highest BCUT2D eigenvalue weighted by Gasteiger charge is 2.34. The van der Waals surface area contributed by atoms with E-state index in [4.69, 9.17) is 12.2 Å². The van der Waals surface area contributed by atoms with Crippen molar-refractivity contribution in [1.82, 2.24) is 10.6 Å². The van der Waals surface area contributed by atoms with E-state index in [2.05, 4.69) is 15.7 Å². The second-order valence-corrected chi connectivity index (χ2v) is 5.10. The first kappa shape index (κ1) is 13.4. The van der Waals surface area contributed by atoms with Crippen molar-refractivity contribution < 1.29 is 9.59 Å². The van der Waals surface area contributed by atoms with Crippen molar-refractivity contribution >= 4 is 40.5 Å². The largest absolute Gasteiger partial charge is 0.328 e. The molecule has 0 aliphatic carbocycles. The predicted octanol–water partition coefficient (Wildman–Crippen LogP) is 0.913. The van der Waals surface area contributed by atoms with E-state index in [0.29, 0.717) is 11.4 Å². The predicted molar refractivity (Wildman–Crippen MR) is 82.5 cm³/mol. The van der Waals surface area contributed by atoms with E-state index in [9.17, 15) is 9.59 Å². The minimum absolute atomic E-state index is 0.196. The fourth-order valence-electron chi connectivity index (χ4n) is 2.19. The Morgan fingerprint density at radius 3 is 2.57 bits per heavy atom. The van der Waals surface area contributed by atoms with Gasteiger partial charge in [-0.1, -0.05) is 18.2 Å². The fraction of sp³-hybridized carbons (Fsp3) is 0.143. The SMILES string of the molecule is CC1=NN(c2ccccc2)C(=O)[C@H]1/C=C1/NC(=S)NC1=O. The Morgan fingerprint density at radius 1 is 1.24 bits per heavy atom.